The van der Waals surface area contributed by atoms with Gasteiger partial charge in [0.25, 0.3) is 0 Å². The van der Waals surface area contributed by atoms with E-state index in [1.807, 2.05) is 48.5 Å². The first-order valence-electron chi connectivity index (χ1n) is 25.4. The Kier molecular flexibility index (Phi) is 13.6. The second-order valence-electron chi connectivity index (χ2n) is 19.5. The highest BCUT2D eigenvalue weighted by atomic mass is 19.4. The summed E-state index contributed by atoms with van der Waals surface area (Å²) in [6.45, 7) is 16.9. The Morgan fingerprint density at radius 3 is 1.26 bits per heavy atom. The van der Waals surface area contributed by atoms with Gasteiger partial charge < -0.3 is 9.97 Å². The molecule has 6 nitrogen and oxygen atoms in total. The van der Waals surface area contributed by atoms with Crippen LogP contribution >= 0.6 is 0 Å². The molecule has 2 aromatic carbocycles. The number of nitrogens with one attached hydrogen (secondary N) is 2. The number of hydrogen-bond donors (Lipinski definition) is 2. The van der Waals surface area contributed by atoms with Crippen molar-refractivity contribution < 1.29 is 35.9 Å². The van der Waals surface area contributed by atoms with Crippen LogP contribution in [-0.2, 0) is 35.3 Å². The zero-order chi connectivity index (χ0) is 51.6. The smallest absolute Gasteiger partial charge is 0.354 e. The van der Waals surface area contributed by atoms with Crippen molar-refractivity contribution in [1.82, 2.24) is 19.9 Å². The summed E-state index contributed by atoms with van der Waals surface area (Å²) >= 11 is 0. The van der Waals surface area contributed by atoms with Crippen LogP contribution in [0.25, 0.3) is 66.6 Å². The minimum absolute atomic E-state index is 0.0701. The van der Waals surface area contributed by atoms with E-state index >= 15 is 0 Å². The predicted molar refractivity (Wildman–Crippen MR) is 277 cm³/mol. The molecule has 7 aliphatic rings. The number of Topliss-reactive ketones (excluding diaryl/α,β-unsaturated/α-hetero) is 2. The first-order valence-corrected chi connectivity index (χ1v) is 25.4. The van der Waals surface area contributed by atoms with Gasteiger partial charge in [0, 0.05) is 33.3 Å². The number of aromatic amines is 2. The normalized spacial score (nSPS) is 16.4. The lowest BCUT2D eigenvalue weighted by atomic mass is 9.79. The van der Waals surface area contributed by atoms with Gasteiger partial charge in [-0.2, -0.15) is 26.3 Å². The van der Waals surface area contributed by atoms with Gasteiger partial charge in [0.15, 0.2) is 11.6 Å². The van der Waals surface area contributed by atoms with Crippen molar-refractivity contribution in [3.8, 4) is 22.3 Å². The van der Waals surface area contributed by atoms with Gasteiger partial charge in [-0.25, -0.2) is 9.97 Å². The number of alkyl halides is 6. The number of rotatable bonds is 4. The number of allylic oxidation sites excluding steroid dienone is 8. The molecule has 12 bridgehead atoms. The molecule has 12 rings (SSSR count). The molecule has 3 aromatic heterocycles. The molecule has 0 spiro atoms. The molecular formula is C60H60F6N4O2. The molecule has 12 heteroatoms. The molecule has 1 aliphatic carbocycles. The zero-order valence-electron chi connectivity index (χ0n) is 42.2. The number of H-pyrrole nitrogens is 2. The van der Waals surface area contributed by atoms with Crippen molar-refractivity contribution >= 4 is 55.9 Å². The van der Waals surface area contributed by atoms with Crippen LogP contribution in [0.5, 0.6) is 0 Å². The number of nitrogens with zero attached hydrogens (tertiary/aromatic N) is 2. The lowest BCUT2D eigenvalue weighted by molar-refractivity contribution is -0.136. The molecule has 0 saturated carbocycles. The Labute approximate surface area is 416 Å². The minimum atomic E-state index is -5.35. The number of aryl methyl sites for hydroxylation is 6. The number of aromatic nitrogens is 4. The maximum Gasteiger partial charge on any atom is 0.420 e. The molecule has 72 heavy (non-hydrogen) atoms. The summed E-state index contributed by atoms with van der Waals surface area (Å²) in [7, 11) is 0. The number of hydrogen-bond acceptors (Lipinski definition) is 4. The molecule has 0 unspecified atom stereocenters. The van der Waals surface area contributed by atoms with Gasteiger partial charge in [-0.05, 0) is 184 Å². The molecular weight excluding hydrogens is 923 g/mol. The summed E-state index contributed by atoms with van der Waals surface area (Å²) in [6.07, 6.45) is -8.27. The van der Waals surface area contributed by atoms with Crippen molar-refractivity contribution in [2.75, 3.05) is 0 Å². The first-order chi connectivity index (χ1) is 34.3. The molecule has 0 radical (unpaired) electrons. The van der Waals surface area contributed by atoms with E-state index in [0.29, 0.717) is 38.5 Å². The highest BCUT2D eigenvalue weighted by Crippen LogP contribution is 2.47. The second-order valence-corrected chi connectivity index (χ2v) is 19.5. The lowest BCUT2D eigenvalue weighted by Gasteiger charge is -2.26. The fourth-order valence-electron chi connectivity index (χ4n) is 11.9. The first kappa shape index (κ1) is 50.4. The average molecular weight is 983 g/mol. The highest BCUT2D eigenvalue weighted by Gasteiger charge is 2.53. The summed E-state index contributed by atoms with van der Waals surface area (Å²) in [5, 5.41) is 0. The Balaban J connectivity index is 1.43. The van der Waals surface area contributed by atoms with Gasteiger partial charge in [-0.3, -0.25) is 9.59 Å². The van der Waals surface area contributed by atoms with Crippen molar-refractivity contribution in [3.05, 3.63) is 139 Å². The lowest BCUT2D eigenvalue weighted by Crippen LogP contribution is -2.36. The van der Waals surface area contributed by atoms with E-state index in [-0.39, 0.29) is 25.7 Å². The summed E-state index contributed by atoms with van der Waals surface area (Å²) in [4.78, 5) is 46.7. The number of halogens is 6. The van der Waals surface area contributed by atoms with Crippen LogP contribution in [0.2, 0.25) is 0 Å². The van der Waals surface area contributed by atoms with Crippen LogP contribution in [0.4, 0.5) is 26.3 Å². The molecule has 0 amide bonds. The van der Waals surface area contributed by atoms with Crippen LogP contribution in [0.3, 0.4) is 0 Å². The Bertz CT molecular complexity index is 3280. The fraction of sp³-hybridized carbons (Fsp3) is 0.367. The standard InChI is InChI=1S/C60H60F6N4O2/c1-9-37-31(5)53-49-41-25-17-13-21-35(41)23-15-19-27-43-51(59(61,62)63)58(72)44(52(57(43)71)60(64,65)66)28-20-16-24-36-22-14-18-26-42(36)50(55-32(6)38(10-2)46(68-55)29-45(37)67-53)56-34(8)40(12-4)48(70-56)30-47-39(11-3)33(7)54(49)69-47/h13-14,17-18,21-22,25-26,29-30,67,69H,9-12,15-16,19-20,23-24,27-28H2,1-8H3. The van der Waals surface area contributed by atoms with Gasteiger partial charge in [0.2, 0.25) is 0 Å². The summed E-state index contributed by atoms with van der Waals surface area (Å²) in [6, 6.07) is 19.9. The van der Waals surface area contributed by atoms with E-state index in [1.165, 1.54) is 0 Å². The number of benzene rings is 2. The average Bonchev–Trinajstić information content (AvgIpc) is 4.02. The maximum absolute atomic E-state index is 15.0. The van der Waals surface area contributed by atoms with E-state index in [4.69, 9.17) is 9.97 Å². The molecule has 0 atom stereocenters. The number of ketones is 2. The van der Waals surface area contributed by atoms with Crippen LogP contribution in [-0.4, -0.2) is 43.9 Å². The van der Waals surface area contributed by atoms with Crippen LogP contribution in [0, 0.1) is 13.8 Å². The van der Waals surface area contributed by atoms with Gasteiger partial charge in [-0.1, -0.05) is 76.2 Å². The van der Waals surface area contributed by atoms with Crippen LogP contribution in [0.1, 0.15) is 149 Å². The third-order valence-electron chi connectivity index (χ3n) is 15.5. The van der Waals surface area contributed by atoms with Gasteiger partial charge in [0.1, 0.15) is 11.1 Å². The maximum atomic E-state index is 15.0. The SMILES string of the molecule is CCC1=C(C)c2nc1cc1[nH]c(c(C)c1CC)c1c3[nH]c(cc4nc(c2-c2ccccc2CCCCC2=C(C(F)(F)F)C(=O)C(=C(C(F)(F)F)C2=O)CCCCc2ccccc2-1)C(C)=C4CC)c(CC)c3C. The predicted octanol–water partition coefficient (Wildman–Crippen LogP) is 16.4. The fourth-order valence-corrected chi connectivity index (χ4v) is 11.9. The van der Waals surface area contributed by atoms with Crippen molar-refractivity contribution in [1.29, 1.82) is 0 Å². The van der Waals surface area contributed by atoms with Gasteiger partial charge in [-0.15, -0.1) is 0 Å². The van der Waals surface area contributed by atoms with Crippen LogP contribution < -0.4 is 0 Å². The summed E-state index contributed by atoms with van der Waals surface area (Å²) in [5.74, 6) is -3.54. The number of carbonyl (C=O) groups excluding carboxylic acids is 2. The van der Waals surface area contributed by atoms with E-state index in [9.17, 15) is 35.9 Å². The van der Waals surface area contributed by atoms with E-state index in [0.717, 1.165) is 123 Å². The van der Waals surface area contributed by atoms with Crippen LogP contribution in [0.15, 0.2) is 83.0 Å². The van der Waals surface area contributed by atoms with Gasteiger partial charge >= 0.3 is 12.4 Å². The third kappa shape index (κ3) is 8.62. The Morgan fingerprint density at radius 2 is 0.889 bits per heavy atom. The van der Waals surface area contributed by atoms with Crippen molar-refractivity contribution in [2.24, 2.45) is 0 Å². The van der Waals surface area contributed by atoms with E-state index in [2.05, 4.69) is 77.5 Å². The van der Waals surface area contributed by atoms with Crippen molar-refractivity contribution in [2.45, 2.75) is 145 Å². The zero-order valence-corrected chi connectivity index (χ0v) is 42.2. The summed E-state index contributed by atoms with van der Waals surface area (Å²) in [5.41, 5.74) is 14.5. The van der Waals surface area contributed by atoms with E-state index < -0.39 is 59.1 Å². The quantitative estimate of drug-likeness (QED) is 0.139. The largest absolute Gasteiger partial charge is 0.420 e. The minimum Gasteiger partial charge on any atom is -0.354 e. The molecule has 0 saturated heterocycles. The highest BCUT2D eigenvalue weighted by molar-refractivity contribution is 6.26. The third-order valence-corrected chi connectivity index (χ3v) is 15.5. The molecule has 9 heterocycles. The Morgan fingerprint density at radius 1 is 0.514 bits per heavy atom. The molecule has 5 aromatic rings. The number of carbonyl (C=O) groups is 2. The molecule has 374 valence electrons. The van der Waals surface area contributed by atoms with E-state index in [1.54, 1.807) is 0 Å². The second kappa shape index (κ2) is 19.5. The molecule has 6 aliphatic heterocycles. The summed E-state index contributed by atoms with van der Waals surface area (Å²) < 4.78 is 89.9. The molecule has 2 N–H and O–H groups in total. The van der Waals surface area contributed by atoms with Crippen molar-refractivity contribution in [3.63, 3.8) is 0 Å². The Hall–Kier alpha value is -6.56. The molecule has 0 fully saturated rings. The monoisotopic (exact) mass is 982 g/mol. The topological polar surface area (TPSA) is 91.5 Å². The van der Waals surface area contributed by atoms with Gasteiger partial charge in [0.05, 0.1) is 33.8 Å².